The first-order valence-corrected chi connectivity index (χ1v) is 7.40. The van der Waals surface area contributed by atoms with Crippen molar-refractivity contribution in [3.05, 3.63) is 65.2 Å². The molecule has 0 aromatic heterocycles. The van der Waals surface area contributed by atoms with E-state index in [0.29, 0.717) is 10.5 Å². The lowest BCUT2D eigenvalue weighted by Gasteiger charge is -2.22. The number of imide groups is 3. The van der Waals surface area contributed by atoms with E-state index in [1.807, 2.05) is 0 Å². The highest BCUT2D eigenvalue weighted by molar-refractivity contribution is 6.29. The second kappa shape index (κ2) is 5.90. The lowest BCUT2D eigenvalue weighted by Crippen LogP contribution is -2.41. The molecular weight excluding hydrogens is 310 g/mol. The van der Waals surface area contributed by atoms with Crippen molar-refractivity contribution in [2.24, 2.45) is 5.92 Å². The average molecular weight is 325 g/mol. The van der Waals surface area contributed by atoms with Crippen molar-refractivity contribution in [1.82, 2.24) is 4.90 Å². The van der Waals surface area contributed by atoms with Crippen molar-refractivity contribution < 1.29 is 24.6 Å². The van der Waals surface area contributed by atoms with E-state index in [0.717, 1.165) is 0 Å². The molecule has 3 rings (SSSR count). The van der Waals surface area contributed by atoms with Crippen LogP contribution in [0.4, 0.5) is 0 Å². The Bertz CT molecular complexity index is 810. The number of benzene rings is 2. The summed E-state index contributed by atoms with van der Waals surface area (Å²) in [7, 11) is 0. The molecule has 2 aromatic rings. The fraction of sp³-hybridized carbons (Fsp3) is 0.167. The molecule has 0 fully saturated rings. The van der Waals surface area contributed by atoms with Crippen LogP contribution >= 0.6 is 0 Å². The lowest BCUT2D eigenvalue weighted by molar-refractivity contribution is -0.133. The highest BCUT2D eigenvalue weighted by Crippen LogP contribution is 2.29. The van der Waals surface area contributed by atoms with Crippen LogP contribution in [0, 0.1) is 5.92 Å². The highest BCUT2D eigenvalue weighted by Gasteiger charge is 2.42. The molecule has 1 heterocycles. The SMILES string of the molecule is C[C@H](C(=O)N1C(=O)c2ccccc2C1=O)[C@@H](O)c1cccc(O)c1. The Labute approximate surface area is 138 Å². The minimum absolute atomic E-state index is 0.0491. The molecule has 6 nitrogen and oxygen atoms in total. The van der Waals surface area contributed by atoms with Crippen LogP contribution in [0.2, 0.25) is 0 Å². The summed E-state index contributed by atoms with van der Waals surface area (Å²) in [6.07, 6.45) is -1.26. The third-order valence-electron chi connectivity index (χ3n) is 4.09. The maximum atomic E-state index is 12.6. The Morgan fingerprint density at radius 3 is 2.12 bits per heavy atom. The molecule has 1 aliphatic heterocycles. The van der Waals surface area contributed by atoms with Gasteiger partial charge in [-0.05, 0) is 29.8 Å². The lowest BCUT2D eigenvalue weighted by atomic mass is 9.96. The largest absolute Gasteiger partial charge is 0.508 e. The number of hydrogen-bond acceptors (Lipinski definition) is 5. The summed E-state index contributed by atoms with van der Waals surface area (Å²) in [4.78, 5) is 37.8. The maximum absolute atomic E-state index is 12.6. The van der Waals surface area contributed by atoms with Crippen LogP contribution in [0.25, 0.3) is 0 Å². The molecule has 0 aliphatic carbocycles. The van der Waals surface area contributed by atoms with Gasteiger partial charge in [-0.2, -0.15) is 0 Å². The zero-order valence-electron chi connectivity index (χ0n) is 12.8. The standard InChI is InChI=1S/C18H15NO5/c1-10(15(21)11-5-4-6-12(20)9-11)16(22)19-17(23)13-7-2-3-8-14(13)18(19)24/h2-10,15,20-21H,1H3/t10-,15+/m0/s1. The van der Waals surface area contributed by atoms with Gasteiger partial charge < -0.3 is 10.2 Å². The maximum Gasteiger partial charge on any atom is 0.268 e. The van der Waals surface area contributed by atoms with E-state index in [1.165, 1.54) is 37.3 Å². The van der Waals surface area contributed by atoms with Gasteiger partial charge >= 0.3 is 0 Å². The number of nitrogens with zero attached hydrogens (tertiary/aromatic N) is 1. The number of carbonyl (C=O) groups excluding carboxylic acids is 3. The van der Waals surface area contributed by atoms with Crippen LogP contribution in [0.15, 0.2) is 48.5 Å². The number of aromatic hydroxyl groups is 1. The summed E-state index contributed by atoms with van der Waals surface area (Å²) in [6.45, 7) is 1.43. The number of hydrogen-bond donors (Lipinski definition) is 2. The summed E-state index contributed by atoms with van der Waals surface area (Å²) in [5.74, 6) is -3.23. The third kappa shape index (κ3) is 2.47. The van der Waals surface area contributed by atoms with Gasteiger partial charge in [0.25, 0.3) is 11.8 Å². The predicted molar refractivity (Wildman–Crippen MR) is 84.2 cm³/mol. The topological polar surface area (TPSA) is 94.9 Å². The number of amides is 3. The van der Waals surface area contributed by atoms with Crippen LogP contribution in [0.1, 0.15) is 39.3 Å². The first-order valence-electron chi connectivity index (χ1n) is 7.40. The molecule has 24 heavy (non-hydrogen) atoms. The Morgan fingerprint density at radius 2 is 1.58 bits per heavy atom. The molecule has 122 valence electrons. The van der Waals surface area contributed by atoms with Crippen LogP contribution in [0.5, 0.6) is 5.75 Å². The Hall–Kier alpha value is -2.99. The summed E-state index contributed by atoms with van der Waals surface area (Å²) in [5.41, 5.74) is 0.678. The average Bonchev–Trinajstić information content (AvgIpc) is 2.84. The van der Waals surface area contributed by atoms with E-state index in [-0.39, 0.29) is 16.9 Å². The fourth-order valence-electron chi connectivity index (χ4n) is 2.73. The normalized spacial score (nSPS) is 16.0. The highest BCUT2D eigenvalue weighted by atomic mass is 16.3. The number of aliphatic hydroxyl groups excluding tert-OH is 1. The van der Waals surface area contributed by atoms with Gasteiger partial charge in [-0.3, -0.25) is 14.4 Å². The van der Waals surface area contributed by atoms with Crippen molar-refractivity contribution >= 4 is 17.7 Å². The van der Waals surface area contributed by atoms with E-state index in [2.05, 4.69) is 0 Å². The van der Waals surface area contributed by atoms with Crippen molar-refractivity contribution in [3.63, 3.8) is 0 Å². The van der Waals surface area contributed by atoms with Crippen LogP contribution < -0.4 is 0 Å². The van der Waals surface area contributed by atoms with Gasteiger partial charge in [0, 0.05) is 0 Å². The van der Waals surface area contributed by atoms with Gasteiger partial charge in [0.05, 0.1) is 23.1 Å². The second-order valence-corrected chi connectivity index (χ2v) is 5.66. The molecule has 0 saturated heterocycles. The number of phenolic OH excluding ortho intramolecular Hbond substituents is 1. The van der Waals surface area contributed by atoms with Gasteiger partial charge in [0.1, 0.15) is 5.75 Å². The molecule has 0 saturated carbocycles. The predicted octanol–water partition coefficient (Wildman–Crippen LogP) is 1.88. The van der Waals surface area contributed by atoms with Gasteiger partial charge in [-0.25, -0.2) is 4.90 Å². The van der Waals surface area contributed by atoms with E-state index in [1.54, 1.807) is 18.2 Å². The molecule has 6 heteroatoms. The van der Waals surface area contributed by atoms with Gasteiger partial charge in [-0.15, -0.1) is 0 Å². The monoisotopic (exact) mass is 325 g/mol. The molecular formula is C18H15NO5. The summed E-state index contributed by atoms with van der Waals surface area (Å²) in [6, 6.07) is 12.1. The minimum Gasteiger partial charge on any atom is -0.508 e. The van der Waals surface area contributed by atoms with Crippen molar-refractivity contribution in [1.29, 1.82) is 0 Å². The van der Waals surface area contributed by atoms with E-state index in [4.69, 9.17) is 0 Å². The molecule has 0 unspecified atom stereocenters. The number of aliphatic hydroxyl groups is 1. The zero-order valence-corrected chi connectivity index (χ0v) is 12.8. The van der Waals surface area contributed by atoms with Crippen LogP contribution in [-0.2, 0) is 4.79 Å². The number of phenols is 1. The fourth-order valence-corrected chi connectivity index (χ4v) is 2.73. The molecule has 0 bridgehead atoms. The minimum atomic E-state index is -1.26. The first-order chi connectivity index (χ1) is 11.4. The molecule has 0 radical (unpaired) electrons. The Balaban J connectivity index is 1.87. The summed E-state index contributed by atoms with van der Waals surface area (Å²) < 4.78 is 0. The number of carbonyl (C=O) groups is 3. The van der Waals surface area contributed by atoms with E-state index >= 15 is 0 Å². The third-order valence-corrected chi connectivity index (χ3v) is 4.09. The first kappa shape index (κ1) is 15.9. The van der Waals surface area contributed by atoms with Gasteiger partial charge in [0.15, 0.2) is 0 Å². The molecule has 3 amide bonds. The van der Waals surface area contributed by atoms with Crippen LogP contribution in [-0.4, -0.2) is 32.8 Å². The number of fused-ring (bicyclic) bond motifs is 1. The number of rotatable bonds is 3. The van der Waals surface area contributed by atoms with Crippen LogP contribution in [0.3, 0.4) is 0 Å². The van der Waals surface area contributed by atoms with Crippen molar-refractivity contribution in [2.45, 2.75) is 13.0 Å². The zero-order chi connectivity index (χ0) is 17.4. The van der Waals surface area contributed by atoms with E-state index in [9.17, 15) is 24.6 Å². The smallest absolute Gasteiger partial charge is 0.268 e. The van der Waals surface area contributed by atoms with Gasteiger partial charge in [0.2, 0.25) is 5.91 Å². The quantitative estimate of drug-likeness (QED) is 0.840. The second-order valence-electron chi connectivity index (χ2n) is 5.66. The molecule has 2 N–H and O–H groups in total. The van der Waals surface area contributed by atoms with Crippen molar-refractivity contribution in [3.8, 4) is 5.75 Å². The Morgan fingerprint density at radius 1 is 1.00 bits per heavy atom. The summed E-state index contributed by atoms with van der Waals surface area (Å²) >= 11 is 0. The molecule has 0 spiro atoms. The molecule has 2 aromatic carbocycles. The van der Waals surface area contributed by atoms with Gasteiger partial charge in [-0.1, -0.05) is 31.2 Å². The molecule has 1 aliphatic rings. The Kier molecular flexibility index (Phi) is 3.91. The van der Waals surface area contributed by atoms with Crippen molar-refractivity contribution in [2.75, 3.05) is 0 Å². The van der Waals surface area contributed by atoms with E-state index < -0.39 is 29.7 Å². The summed E-state index contributed by atoms with van der Waals surface area (Å²) in [5, 5.41) is 19.8. The molecule has 2 atom stereocenters.